The Morgan fingerprint density at radius 3 is 2.63 bits per heavy atom. The van der Waals surface area contributed by atoms with Crippen LogP contribution in [0, 0.1) is 5.92 Å². The van der Waals surface area contributed by atoms with Crippen LogP contribution in [0.3, 0.4) is 0 Å². The third kappa shape index (κ3) is 2.58. The molecular formula is C18H26O. The highest BCUT2D eigenvalue weighted by Gasteiger charge is 2.38. The minimum Gasteiger partial charge on any atom is -0.385 e. The van der Waals surface area contributed by atoms with Gasteiger partial charge in [-0.3, -0.25) is 0 Å². The molecule has 0 heterocycles. The Labute approximate surface area is 117 Å². The van der Waals surface area contributed by atoms with Gasteiger partial charge in [-0.15, -0.1) is 0 Å². The van der Waals surface area contributed by atoms with Crippen LogP contribution in [0.2, 0.25) is 0 Å². The van der Waals surface area contributed by atoms with Gasteiger partial charge in [0.25, 0.3) is 0 Å². The summed E-state index contributed by atoms with van der Waals surface area (Å²) < 4.78 is 0. The van der Waals surface area contributed by atoms with Crippen LogP contribution < -0.4 is 0 Å². The average molecular weight is 258 g/mol. The maximum Gasteiger partial charge on any atom is 0.0902 e. The molecule has 0 radical (unpaired) electrons. The molecule has 2 aliphatic rings. The summed E-state index contributed by atoms with van der Waals surface area (Å²) in [4.78, 5) is 0. The van der Waals surface area contributed by atoms with Gasteiger partial charge in [-0.1, -0.05) is 63.3 Å². The van der Waals surface area contributed by atoms with Gasteiger partial charge in [0, 0.05) is 0 Å². The maximum absolute atomic E-state index is 11.2. The number of hydrogen-bond acceptors (Lipinski definition) is 1. The molecular weight excluding hydrogens is 232 g/mol. The number of rotatable bonds is 2. The lowest BCUT2D eigenvalue weighted by Crippen LogP contribution is -2.34. The van der Waals surface area contributed by atoms with Crippen LogP contribution >= 0.6 is 0 Å². The molecule has 0 spiro atoms. The van der Waals surface area contributed by atoms with Crippen molar-refractivity contribution in [1.82, 2.24) is 0 Å². The standard InChI is InChI=1S/C18H26O/c1-14-11-12-18(19,13-15-7-3-2-4-8-15)17-10-6-5-9-16(14)17/h5-6,9-10,14-15,19H,2-4,7-8,11-13H2,1H3. The summed E-state index contributed by atoms with van der Waals surface area (Å²) >= 11 is 0. The summed E-state index contributed by atoms with van der Waals surface area (Å²) in [5.74, 6) is 1.34. The second-order valence-electron chi connectivity index (χ2n) is 6.77. The lowest BCUT2D eigenvalue weighted by molar-refractivity contribution is -0.0128. The fourth-order valence-corrected chi connectivity index (χ4v) is 4.18. The number of aliphatic hydroxyl groups is 1. The zero-order valence-corrected chi connectivity index (χ0v) is 12.1. The van der Waals surface area contributed by atoms with E-state index in [1.165, 1.54) is 43.2 Å². The fourth-order valence-electron chi connectivity index (χ4n) is 4.18. The Kier molecular flexibility index (Phi) is 3.66. The van der Waals surface area contributed by atoms with E-state index in [1.807, 2.05) is 0 Å². The van der Waals surface area contributed by atoms with Gasteiger partial charge in [0.1, 0.15) is 0 Å². The van der Waals surface area contributed by atoms with Crippen molar-refractivity contribution in [2.24, 2.45) is 5.92 Å². The molecule has 1 N–H and O–H groups in total. The van der Waals surface area contributed by atoms with E-state index in [0.717, 1.165) is 25.2 Å². The fraction of sp³-hybridized carbons (Fsp3) is 0.667. The molecule has 2 unspecified atom stereocenters. The normalized spacial score (nSPS) is 32.0. The molecule has 0 aromatic heterocycles. The molecule has 1 fully saturated rings. The average Bonchev–Trinajstić information content (AvgIpc) is 2.45. The quantitative estimate of drug-likeness (QED) is 0.812. The van der Waals surface area contributed by atoms with E-state index in [0.29, 0.717) is 5.92 Å². The lowest BCUT2D eigenvalue weighted by atomic mass is 9.69. The highest BCUT2D eigenvalue weighted by molar-refractivity contribution is 5.37. The first kappa shape index (κ1) is 13.2. The van der Waals surface area contributed by atoms with E-state index in [-0.39, 0.29) is 0 Å². The van der Waals surface area contributed by atoms with Crippen LogP contribution in [0.15, 0.2) is 24.3 Å². The predicted octanol–water partition coefficient (Wildman–Crippen LogP) is 4.74. The van der Waals surface area contributed by atoms with Crippen molar-refractivity contribution in [3.63, 3.8) is 0 Å². The van der Waals surface area contributed by atoms with E-state index in [4.69, 9.17) is 0 Å². The van der Waals surface area contributed by atoms with Crippen molar-refractivity contribution in [3.8, 4) is 0 Å². The largest absolute Gasteiger partial charge is 0.385 e. The van der Waals surface area contributed by atoms with E-state index >= 15 is 0 Å². The Balaban J connectivity index is 1.85. The molecule has 1 saturated carbocycles. The smallest absolute Gasteiger partial charge is 0.0902 e. The molecule has 0 saturated heterocycles. The summed E-state index contributed by atoms with van der Waals surface area (Å²) in [6.07, 6.45) is 9.80. The lowest BCUT2D eigenvalue weighted by Gasteiger charge is -2.40. The number of hydrogen-bond donors (Lipinski definition) is 1. The second-order valence-corrected chi connectivity index (χ2v) is 6.77. The molecule has 1 aromatic carbocycles. The molecule has 1 aromatic rings. The van der Waals surface area contributed by atoms with E-state index < -0.39 is 5.60 Å². The predicted molar refractivity (Wildman–Crippen MR) is 79.2 cm³/mol. The van der Waals surface area contributed by atoms with E-state index in [9.17, 15) is 5.11 Å². The molecule has 2 atom stereocenters. The Morgan fingerprint density at radius 1 is 1.11 bits per heavy atom. The minimum absolute atomic E-state index is 0.550. The Morgan fingerprint density at radius 2 is 1.84 bits per heavy atom. The molecule has 0 aliphatic heterocycles. The number of benzene rings is 1. The molecule has 3 rings (SSSR count). The summed E-state index contributed by atoms with van der Waals surface area (Å²) in [5.41, 5.74) is 2.05. The van der Waals surface area contributed by atoms with Crippen molar-refractivity contribution < 1.29 is 5.11 Å². The van der Waals surface area contributed by atoms with Crippen molar-refractivity contribution in [2.75, 3.05) is 0 Å². The van der Waals surface area contributed by atoms with Gasteiger partial charge < -0.3 is 5.11 Å². The van der Waals surface area contributed by atoms with Crippen molar-refractivity contribution in [1.29, 1.82) is 0 Å². The minimum atomic E-state index is -0.550. The maximum atomic E-state index is 11.2. The van der Waals surface area contributed by atoms with Crippen molar-refractivity contribution in [3.05, 3.63) is 35.4 Å². The SMILES string of the molecule is CC1CCC(O)(CC2CCCCC2)c2ccccc21. The summed E-state index contributed by atoms with van der Waals surface area (Å²) in [6, 6.07) is 8.57. The van der Waals surface area contributed by atoms with E-state index in [1.54, 1.807) is 0 Å². The summed E-state index contributed by atoms with van der Waals surface area (Å²) in [7, 11) is 0. The first-order valence-corrected chi connectivity index (χ1v) is 8.01. The van der Waals surface area contributed by atoms with Crippen LogP contribution in [0.1, 0.15) is 75.3 Å². The number of fused-ring (bicyclic) bond motifs is 1. The van der Waals surface area contributed by atoms with Gasteiger partial charge in [0.2, 0.25) is 0 Å². The zero-order valence-electron chi connectivity index (χ0n) is 12.1. The van der Waals surface area contributed by atoms with Crippen molar-refractivity contribution >= 4 is 0 Å². The molecule has 0 amide bonds. The van der Waals surface area contributed by atoms with Crippen LogP contribution in [-0.4, -0.2) is 5.11 Å². The van der Waals surface area contributed by atoms with Gasteiger partial charge in [-0.25, -0.2) is 0 Å². The Hall–Kier alpha value is -0.820. The third-order valence-electron chi connectivity index (χ3n) is 5.34. The molecule has 2 aliphatic carbocycles. The van der Waals surface area contributed by atoms with Crippen LogP contribution in [-0.2, 0) is 5.60 Å². The van der Waals surface area contributed by atoms with Crippen molar-refractivity contribution in [2.45, 2.75) is 69.8 Å². The summed E-state index contributed by atoms with van der Waals surface area (Å²) in [6.45, 7) is 2.29. The summed E-state index contributed by atoms with van der Waals surface area (Å²) in [5, 5.41) is 11.2. The molecule has 104 valence electrons. The van der Waals surface area contributed by atoms with Gasteiger partial charge >= 0.3 is 0 Å². The Bertz CT molecular complexity index is 433. The van der Waals surface area contributed by atoms with Crippen LogP contribution in [0.25, 0.3) is 0 Å². The highest BCUT2D eigenvalue weighted by atomic mass is 16.3. The zero-order chi connectivity index (χ0) is 13.3. The van der Waals surface area contributed by atoms with Gasteiger partial charge in [-0.2, -0.15) is 0 Å². The van der Waals surface area contributed by atoms with Gasteiger partial charge in [0.05, 0.1) is 5.60 Å². The monoisotopic (exact) mass is 258 g/mol. The third-order valence-corrected chi connectivity index (χ3v) is 5.34. The molecule has 0 bridgehead atoms. The van der Waals surface area contributed by atoms with Gasteiger partial charge in [-0.05, 0) is 42.2 Å². The highest BCUT2D eigenvalue weighted by Crippen LogP contribution is 2.46. The topological polar surface area (TPSA) is 20.2 Å². The molecule has 1 nitrogen and oxygen atoms in total. The second kappa shape index (κ2) is 5.28. The first-order valence-electron chi connectivity index (χ1n) is 8.01. The van der Waals surface area contributed by atoms with E-state index in [2.05, 4.69) is 31.2 Å². The molecule has 1 heteroatoms. The molecule has 19 heavy (non-hydrogen) atoms. The first-order chi connectivity index (χ1) is 9.19. The van der Waals surface area contributed by atoms with Crippen LogP contribution in [0.4, 0.5) is 0 Å². The van der Waals surface area contributed by atoms with Crippen LogP contribution in [0.5, 0.6) is 0 Å². The van der Waals surface area contributed by atoms with Gasteiger partial charge in [0.15, 0.2) is 0 Å².